The Morgan fingerprint density at radius 3 is 2.68 bits per heavy atom. The van der Waals surface area contributed by atoms with Gasteiger partial charge in [0.05, 0.1) is 19.7 Å². The van der Waals surface area contributed by atoms with Crippen LogP contribution >= 0.6 is 0 Å². The van der Waals surface area contributed by atoms with Gasteiger partial charge in [0, 0.05) is 26.2 Å². The number of guanidine groups is 1. The van der Waals surface area contributed by atoms with E-state index in [1.165, 1.54) is 24.8 Å². The maximum Gasteiger partial charge on any atom is 0.191 e. The molecule has 0 bridgehead atoms. The normalized spacial score (nSPS) is 16.6. The van der Waals surface area contributed by atoms with Crippen molar-refractivity contribution in [3.63, 3.8) is 0 Å². The summed E-state index contributed by atoms with van der Waals surface area (Å²) in [5.74, 6) is 2.54. The molecule has 0 spiro atoms. The Morgan fingerprint density at radius 2 is 2.00 bits per heavy atom. The third kappa shape index (κ3) is 5.01. The van der Waals surface area contributed by atoms with Crippen LogP contribution in [0.2, 0.25) is 0 Å². The number of nitrogens with zero attached hydrogens (tertiary/aromatic N) is 5. The first-order valence-electron chi connectivity index (χ1n) is 9.87. The maximum absolute atomic E-state index is 5.64. The smallest absolute Gasteiger partial charge is 0.191 e. The molecule has 0 amide bonds. The van der Waals surface area contributed by atoms with Gasteiger partial charge in [-0.1, -0.05) is 24.6 Å². The van der Waals surface area contributed by atoms with Crippen molar-refractivity contribution in [1.82, 2.24) is 30.3 Å². The summed E-state index contributed by atoms with van der Waals surface area (Å²) in [5, 5.41) is 10.9. The van der Waals surface area contributed by atoms with Crippen molar-refractivity contribution < 1.29 is 4.74 Å². The molecule has 0 radical (unpaired) electrons. The highest BCUT2D eigenvalue weighted by Gasteiger charge is 2.25. The predicted octanol–water partition coefficient (Wildman–Crippen LogP) is 1.72. The molecule has 3 rings (SSSR count). The van der Waals surface area contributed by atoms with Crippen LogP contribution in [-0.2, 0) is 13.6 Å². The van der Waals surface area contributed by atoms with Crippen LogP contribution in [0, 0.1) is 0 Å². The molecule has 28 heavy (non-hydrogen) atoms. The summed E-state index contributed by atoms with van der Waals surface area (Å²) in [5.41, 5.74) is 1.21. The number of benzene rings is 1. The Hall–Kier alpha value is -2.61. The van der Waals surface area contributed by atoms with Crippen LogP contribution in [0.4, 0.5) is 0 Å². The molecule has 1 aliphatic rings. The van der Waals surface area contributed by atoms with Gasteiger partial charge in [0.1, 0.15) is 17.9 Å². The molecule has 152 valence electrons. The minimum absolute atomic E-state index is 0.227. The number of rotatable bonds is 7. The molecule has 2 aromatic rings. The number of nitrogens with one attached hydrogen (secondary N) is 2. The Morgan fingerprint density at radius 1 is 1.21 bits per heavy atom. The van der Waals surface area contributed by atoms with E-state index in [4.69, 9.17) is 4.74 Å². The van der Waals surface area contributed by atoms with Crippen molar-refractivity contribution >= 4 is 5.96 Å². The van der Waals surface area contributed by atoms with E-state index in [-0.39, 0.29) is 6.04 Å². The lowest BCUT2D eigenvalue weighted by Crippen LogP contribution is -2.44. The predicted molar refractivity (Wildman–Crippen MR) is 110 cm³/mol. The van der Waals surface area contributed by atoms with Crippen LogP contribution in [0.3, 0.4) is 0 Å². The highest BCUT2D eigenvalue weighted by atomic mass is 16.5. The van der Waals surface area contributed by atoms with E-state index < -0.39 is 0 Å². The van der Waals surface area contributed by atoms with E-state index >= 15 is 0 Å². The van der Waals surface area contributed by atoms with Gasteiger partial charge in [0.25, 0.3) is 0 Å². The van der Waals surface area contributed by atoms with E-state index in [1.807, 2.05) is 19.2 Å². The summed E-state index contributed by atoms with van der Waals surface area (Å²) in [6.45, 7) is 3.53. The highest BCUT2D eigenvalue weighted by molar-refractivity contribution is 5.79. The van der Waals surface area contributed by atoms with Crippen molar-refractivity contribution in [3.8, 4) is 5.75 Å². The standard InChI is InChI=1S/C20H31N7O/c1-21-20(23-14-19-24-15-25-26(19)2)22-13-17(27-11-7-4-8-12-27)16-9-5-6-10-18(16)28-3/h5-6,9-10,15,17H,4,7-8,11-14H2,1-3H3,(H2,21,22,23). The quantitative estimate of drug-likeness (QED) is 0.558. The molecule has 1 aliphatic heterocycles. The zero-order valence-electron chi connectivity index (χ0n) is 17.1. The number of methoxy groups -OCH3 is 1. The largest absolute Gasteiger partial charge is 0.496 e. The lowest BCUT2D eigenvalue weighted by atomic mass is 10.0. The van der Waals surface area contributed by atoms with Gasteiger partial charge in [-0.25, -0.2) is 4.98 Å². The van der Waals surface area contributed by atoms with Gasteiger partial charge in [0.15, 0.2) is 5.96 Å². The van der Waals surface area contributed by atoms with Crippen LogP contribution in [0.15, 0.2) is 35.6 Å². The van der Waals surface area contributed by atoms with Crippen LogP contribution in [-0.4, -0.2) is 59.4 Å². The average Bonchev–Trinajstić information content (AvgIpc) is 3.16. The minimum atomic E-state index is 0.227. The van der Waals surface area contributed by atoms with Gasteiger partial charge in [-0.15, -0.1) is 0 Å². The number of hydrogen-bond acceptors (Lipinski definition) is 5. The summed E-state index contributed by atoms with van der Waals surface area (Å²) in [7, 11) is 5.40. The zero-order chi connectivity index (χ0) is 19.8. The lowest BCUT2D eigenvalue weighted by Gasteiger charge is -2.35. The second-order valence-corrected chi connectivity index (χ2v) is 6.96. The van der Waals surface area contributed by atoms with Gasteiger partial charge in [0.2, 0.25) is 0 Å². The van der Waals surface area contributed by atoms with Crippen LogP contribution in [0.1, 0.15) is 36.7 Å². The topological polar surface area (TPSA) is 79.6 Å². The van der Waals surface area contributed by atoms with Gasteiger partial charge in [-0.3, -0.25) is 14.6 Å². The van der Waals surface area contributed by atoms with Crippen molar-refractivity contribution in [2.75, 3.05) is 33.8 Å². The Balaban J connectivity index is 1.68. The number of para-hydroxylation sites is 1. The van der Waals surface area contributed by atoms with Crippen molar-refractivity contribution in [2.45, 2.75) is 31.8 Å². The molecule has 1 unspecified atom stereocenters. The number of ether oxygens (including phenoxy) is 1. The molecule has 1 aromatic carbocycles. The molecule has 0 saturated carbocycles. The Bertz CT molecular complexity index is 767. The molecule has 1 aromatic heterocycles. The fourth-order valence-electron chi connectivity index (χ4n) is 3.66. The number of aromatic nitrogens is 3. The molecule has 8 heteroatoms. The fourth-order valence-corrected chi connectivity index (χ4v) is 3.66. The summed E-state index contributed by atoms with van der Waals surface area (Å²) in [4.78, 5) is 11.1. The van der Waals surface area contributed by atoms with E-state index in [9.17, 15) is 0 Å². The van der Waals surface area contributed by atoms with Crippen molar-refractivity contribution in [3.05, 3.63) is 42.0 Å². The number of piperidine rings is 1. The van der Waals surface area contributed by atoms with Gasteiger partial charge in [-0.05, 0) is 32.0 Å². The third-order valence-electron chi connectivity index (χ3n) is 5.23. The van der Waals surface area contributed by atoms with Crippen LogP contribution in [0.25, 0.3) is 0 Å². The highest BCUT2D eigenvalue weighted by Crippen LogP contribution is 2.30. The Kier molecular flexibility index (Phi) is 7.25. The SMILES string of the molecule is CN=C(NCc1ncnn1C)NCC(c1ccccc1OC)N1CCCCC1. The van der Waals surface area contributed by atoms with Gasteiger partial charge in [-0.2, -0.15) is 5.10 Å². The van der Waals surface area contributed by atoms with Gasteiger partial charge < -0.3 is 15.4 Å². The Labute approximate surface area is 167 Å². The molecular weight excluding hydrogens is 354 g/mol. The molecule has 1 atom stereocenters. The van der Waals surface area contributed by atoms with E-state index in [1.54, 1.807) is 25.2 Å². The summed E-state index contributed by atoms with van der Waals surface area (Å²) < 4.78 is 7.40. The molecule has 8 nitrogen and oxygen atoms in total. The molecule has 1 saturated heterocycles. The maximum atomic E-state index is 5.64. The minimum Gasteiger partial charge on any atom is -0.496 e. The van der Waals surface area contributed by atoms with Crippen LogP contribution < -0.4 is 15.4 Å². The first-order chi connectivity index (χ1) is 13.7. The van der Waals surface area contributed by atoms with E-state index in [2.05, 4.69) is 42.7 Å². The number of likely N-dealkylation sites (tertiary alicyclic amines) is 1. The van der Waals surface area contributed by atoms with Crippen molar-refractivity contribution in [2.24, 2.45) is 12.0 Å². The zero-order valence-corrected chi connectivity index (χ0v) is 17.1. The molecule has 2 N–H and O–H groups in total. The first kappa shape index (κ1) is 20.1. The first-order valence-corrected chi connectivity index (χ1v) is 9.87. The lowest BCUT2D eigenvalue weighted by molar-refractivity contribution is 0.161. The van der Waals surface area contributed by atoms with E-state index in [0.717, 1.165) is 37.2 Å². The summed E-state index contributed by atoms with van der Waals surface area (Å²) in [6.07, 6.45) is 5.35. The van der Waals surface area contributed by atoms with Crippen LogP contribution in [0.5, 0.6) is 5.75 Å². The second kappa shape index (κ2) is 10.1. The summed E-state index contributed by atoms with van der Waals surface area (Å²) in [6, 6.07) is 8.52. The number of hydrogen-bond donors (Lipinski definition) is 2. The number of aliphatic imine (C=N–C) groups is 1. The molecular formula is C20H31N7O. The third-order valence-corrected chi connectivity index (χ3v) is 5.23. The average molecular weight is 386 g/mol. The number of aryl methyl sites for hydroxylation is 1. The fraction of sp³-hybridized carbons (Fsp3) is 0.550. The molecule has 0 aliphatic carbocycles. The molecule has 2 heterocycles. The summed E-state index contributed by atoms with van der Waals surface area (Å²) >= 11 is 0. The second-order valence-electron chi connectivity index (χ2n) is 6.96. The van der Waals surface area contributed by atoms with Crippen molar-refractivity contribution in [1.29, 1.82) is 0 Å². The monoisotopic (exact) mass is 385 g/mol. The van der Waals surface area contributed by atoms with E-state index in [0.29, 0.717) is 6.54 Å². The molecule has 1 fully saturated rings. The van der Waals surface area contributed by atoms with Gasteiger partial charge >= 0.3 is 0 Å².